The largest absolute Gasteiger partial charge is 0.456 e. The van der Waals surface area contributed by atoms with E-state index in [1.54, 1.807) is 23.5 Å². The van der Waals surface area contributed by atoms with E-state index in [9.17, 15) is 8.22 Å². The standard InChI is InChI=1S/C50H29N3OS/c1-2-12-31(13-3-1)47-49-48(38-18-8-11-21-45(38)55-49)52-50(51-47)40-27-34(29-44-46(40)37-17-7-10-20-43(37)54-44)30-22-24-35(25-23-30)53-41-19-9-6-16-36(41)39-26-32-14-4-5-15-33(32)28-42(39)53/h1-29H/i4D,5D,6D,9D,14D,15D,16D,19D,22D,23D,24D,25D,26D,28D. The molecule has 0 N–H and O–H groups in total. The lowest BCUT2D eigenvalue weighted by molar-refractivity contribution is 0.669. The van der Waals surface area contributed by atoms with Crippen LogP contribution in [0.2, 0.25) is 0 Å². The Hall–Kier alpha value is -7.08. The molecular formula is C50H29N3OS. The van der Waals surface area contributed by atoms with Gasteiger partial charge in [0, 0.05) is 48.4 Å². The highest BCUT2D eigenvalue weighted by molar-refractivity contribution is 7.26. The van der Waals surface area contributed by atoms with Crippen LogP contribution in [0.15, 0.2) is 180 Å². The van der Waals surface area contributed by atoms with Crippen LogP contribution < -0.4 is 0 Å². The van der Waals surface area contributed by atoms with E-state index in [1.165, 1.54) is 0 Å². The fraction of sp³-hybridized carbons (Fsp3) is 0. The summed E-state index contributed by atoms with van der Waals surface area (Å²) in [5.74, 6) is 0.314. The molecule has 0 atom stereocenters. The summed E-state index contributed by atoms with van der Waals surface area (Å²) < 4.78 is 136. The highest BCUT2D eigenvalue weighted by atomic mass is 32.1. The fourth-order valence-corrected chi connectivity index (χ4v) is 8.60. The van der Waals surface area contributed by atoms with Crippen LogP contribution in [0.1, 0.15) is 19.2 Å². The quantitative estimate of drug-likeness (QED) is 0.181. The predicted molar refractivity (Wildman–Crippen MR) is 230 cm³/mol. The highest BCUT2D eigenvalue weighted by Crippen LogP contribution is 2.43. The van der Waals surface area contributed by atoms with Crippen LogP contribution in [0.25, 0.3) is 114 Å². The third-order valence-electron chi connectivity index (χ3n) is 9.89. The average molecular weight is 734 g/mol. The van der Waals surface area contributed by atoms with Crippen LogP contribution in [0, 0.1) is 0 Å². The summed E-state index contributed by atoms with van der Waals surface area (Å²) in [4.78, 5) is 10.4. The summed E-state index contributed by atoms with van der Waals surface area (Å²) in [6.45, 7) is 0. The maximum absolute atomic E-state index is 9.66. The summed E-state index contributed by atoms with van der Waals surface area (Å²) in [6, 6.07) is 19.4. The molecule has 0 unspecified atom stereocenters. The molecule has 0 saturated carbocycles. The van der Waals surface area contributed by atoms with Gasteiger partial charge in [0.1, 0.15) is 11.2 Å². The smallest absolute Gasteiger partial charge is 0.161 e. The van der Waals surface area contributed by atoms with E-state index in [1.807, 2.05) is 78.9 Å². The van der Waals surface area contributed by atoms with Gasteiger partial charge in [0.25, 0.3) is 0 Å². The van der Waals surface area contributed by atoms with Crippen LogP contribution in [-0.4, -0.2) is 14.5 Å². The normalized spacial score (nSPS) is 15.6. The Labute approximate surface area is 338 Å². The number of rotatable bonds is 4. The van der Waals surface area contributed by atoms with Crippen molar-refractivity contribution in [2.45, 2.75) is 0 Å². The summed E-state index contributed by atoms with van der Waals surface area (Å²) >= 11 is 1.58. The van der Waals surface area contributed by atoms with Gasteiger partial charge in [-0.1, -0.05) is 121 Å². The van der Waals surface area contributed by atoms with Gasteiger partial charge in [-0.3, -0.25) is 0 Å². The molecule has 0 aliphatic rings. The maximum atomic E-state index is 9.66. The number of hydrogen-bond acceptors (Lipinski definition) is 4. The molecule has 4 nitrogen and oxygen atoms in total. The molecule has 0 spiro atoms. The van der Waals surface area contributed by atoms with Crippen molar-refractivity contribution in [2.24, 2.45) is 0 Å². The molecule has 12 aromatic rings. The SMILES string of the molecule is [2H]c1c([2H])c(-n2c3c([2H])c([2H])c([2H])c([2H])c3c3c([2H])c4c([2H])c([2H])c([2H])c([2H])c4c([2H])c32)c([2H])c([2H])c1-c1cc(-c2nc(-c3ccccc3)c3sc4ccccc4c3n2)c2c(c1)oc1ccccc12. The zero-order valence-electron chi connectivity index (χ0n) is 42.3. The number of furan rings is 1. The number of thiophene rings is 1. The van der Waals surface area contributed by atoms with E-state index >= 15 is 0 Å². The van der Waals surface area contributed by atoms with E-state index in [0.717, 1.165) is 35.8 Å². The molecule has 5 heteroatoms. The lowest BCUT2D eigenvalue weighted by Gasteiger charge is -2.12. The van der Waals surface area contributed by atoms with Gasteiger partial charge in [0.15, 0.2) is 5.82 Å². The first kappa shape index (κ1) is 19.8. The van der Waals surface area contributed by atoms with Crippen LogP contribution in [-0.2, 0) is 0 Å². The fourth-order valence-electron chi connectivity index (χ4n) is 7.44. The van der Waals surface area contributed by atoms with Crippen molar-refractivity contribution in [1.82, 2.24) is 14.5 Å². The Kier molecular flexibility index (Phi) is 4.22. The van der Waals surface area contributed by atoms with Gasteiger partial charge in [-0.2, -0.15) is 0 Å². The van der Waals surface area contributed by atoms with E-state index in [2.05, 4.69) is 0 Å². The topological polar surface area (TPSA) is 43.9 Å². The summed E-state index contributed by atoms with van der Waals surface area (Å²) in [7, 11) is 0. The number of benzene rings is 8. The van der Waals surface area contributed by atoms with Gasteiger partial charge in [-0.25, -0.2) is 9.97 Å². The summed E-state index contributed by atoms with van der Waals surface area (Å²) in [5, 5.41) is 0.996. The zero-order chi connectivity index (χ0) is 48.2. The second-order valence-corrected chi connectivity index (χ2v) is 14.1. The van der Waals surface area contributed by atoms with Crippen molar-refractivity contribution >= 4 is 86.2 Å². The van der Waals surface area contributed by atoms with Gasteiger partial charge >= 0.3 is 0 Å². The highest BCUT2D eigenvalue weighted by Gasteiger charge is 2.21. The average Bonchev–Trinajstić information content (AvgIpc) is 4.04. The van der Waals surface area contributed by atoms with Crippen molar-refractivity contribution in [3.8, 4) is 39.5 Å². The molecule has 256 valence electrons. The van der Waals surface area contributed by atoms with Gasteiger partial charge in [0.2, 0.25) is 0 Å². The minimum Gasteiger partial charge on any atom is -0.456 e. The van der Waals surface area contributed by atoms with Crippen LogP contribution in [0.4, 0.5) is 0 Å². The Bertz CT molecular complexity index is 4290. The molecule has 0 radical (unpaired) electrons. The van der Waals surface area contributed by atoms with E-state index in [-0.39, 0.29) is 43.7 Å². The number of hydrogen-bond donors (Lipinski definition) is 0. The Morgan fingerprint density at radius 2 is 1.31 bits per heavy atom. The lowest BCUT2D eigenvalue weighted by Crippen LogP contribution is -1.95. The van der Waals surface area contributed by atoms with Crippen LogP contribution in [0.3, 0.4) is 0 Å². The minimum absolute atomic E-state index is 0.155. The van der Waals surface area contributed by atoms with Gasteiger partial charge < -0.3 is 8.98 Å². The van der Waals surface area contributed by atoms with Crippen LogP contribution >= 0.6 is 11.3 Å². The molecule has 8 aromatic carbocycles. The minimum atomic E-state index is -0.715. The maximum Gasteiger partial charge on any atom is 0.161 e. The molecule has 4 heterocycles. The molecule has 0 aliphatic carbocycles. The molecular weight excluding hydrogens is 691 g/mol. The number of fused-ring (bicyclic) bond motifs is 10. The second kappa shape index (κ2) is 11.7. The molecule has 4 aromatic heterocycles. The van der Waals surface area contributed by atoms with Crippen LogP contribution in [0.5, 0.6) is 0 Å². The first-order valence-corrected chi connectivity index (χ1v) is 18.2. The third kappa shape index (κ3) is 4.64. The molecule has 0 aliphatic heterocycles. The van der Waals surface area contributed by atoms with Crippen molar-refractivity contribution in [1.29, 1.82) is 0 Å². The lowest BCUT2D eigenvalue weighted by atomic mass is 9.97. The van der Waals surface area contributed by atoms with E-state index < -0.39 is 90.3 Å². The first-order chi connectivity index (χ1) is 33.1. The Morgan fingerprint density at radius 1 is 0.564 bits per heavy atom. The summed E-state index contributed by atoms with van der Waals surface area (Å²) in [5.41, 5.74) is 2.45. The molecule has 55 heavy (non-hydrogen) atoms. The van der Waals surface area contributed by atoms with Gasteiger partial charge in [-0.15, -0.1) is 11.3 Å². The Morgan fingerprint density at radius 3 is 2.18 bits per heavy atom. The zero-order valence-corrected chi connectivity index (χ0v) is 29.1. The summed E-state index contributed by atoms with van der Waals surface area (Å²) in [6.07, 6.45) is 0. The first-order valence-electron chi connectivity index (χ1n) is 24.4. The predicted octanol–water partition coefficient (Wildman–Crippen LogP) is 14.0. The van der Waals surface area contributed by atoms with Crippen molar-refractivity contribution in [3.05, 3.63) is 176 Å². The van der Waals surface area contributed by atoms with E-state index in [4.69, 9.17) is 25.4 Å². The number of nitrogens with zero attached hydrogens (tertiary/aromatic N) is 3. The third-order valence-corrected chi connectivity index (χ3v) is 11.1. The second-order valence-electron chi connectivity index (χ2n) is 13.0. The van der Waals surface area contributed by atoms with Crippen molar-refractivity contribution in [3.63, 3.8) is 0 Å². The Balaban J connectivity index is 1.18. The molecule has 0 fully saturated rings. The monoisotopic (exact) mass is 733 g/mol. The molecule has 0 saturated heterocycles. The van der Waals surface area contributed by atoms with E-state index in [0.29, 0.717) is 33.6 Å². The molecule has 0 amide bonds. The number of aromatic nitrogens is 3. The molecule has 0 bridgehead atoms. The molecule has 12 rings (SSSR count). The van der Waals surface area contributed by atoms with Gasteiger partial charge in [0.05, 0.1) is 46.1 Å². The van der Waals surface area contributed by atoms with Gasteiger partial charge in [-0.05, 0) is 76.4 Å². The van der Waals surface area contributed by atoms with Crippen molar-refractivity contribution in [2.75, 3.05) is 0 Å². The number of para-hydroxylation sites is 2. The van der Waals surface area contributed by atoms with Crippen molar-refractivity contribution < 1.29 is 23.6 Å².